The average molecular weight is 458 g/mol. The molecule has 0 saturated carbocycles. The third-order valence-corrected chi connectivity index (χ3v) is 7.47. The molecule has 0 unspecified atom stereocenters. The van der Waals surface area contributed by atoms with Gasteiger partial charge < -0.3 is 0 Å². The van der Waals surface area contributed by atoms with Crippen LogP contribution in [0.3, 0.4) is 0 Å². The van der Waals surface area contributed by atoms with Gasteiger partial charge in [0.1, 0.15) is 0 Å². The van der Waals surface area contributed by atoms with Gasteiger partial charge in [0.2, 0.25) is 15.2 Å². The number of hydrazone groups is 1. The fourth-order valence-electron chi connectivity index (χ4n) is 3.21. The predicted molar refractivity (Wildman–Crippen MR) is 120 cm³/mol. The molecule has 1 fully saturated rings. The number of non-ortho nitro benzene ring substituents is 1. The summed E-state index contributed by atoms with van der Waals surface area (Å²) in [4.78, 5) is 15.1. The third kappa shape index (κ3) is 4.79. The molecule has 0 bridgehead atoms. The molecule has 1 aromatic heterocycles. The molecule has 2 aromatic carbocycles. The topological polar surface area (TPSA) is 118 Å². The standard InChI is InChI=1S/C20H19N5O4S2/c26-25(27)17-5-3-4-15(12-17)13-21-23-20-22-19(14-30-20)16-6-8-18(9-7-16)31(28,29)24-10-1-2-11-24/h3-9,12-14H,1-2,10-11H2,(H,22,23)/b21-13+. The van der Waals surface area contributed by atoms with Gasteiger partial charge in [-0.15, -0.1) is 11.3 Å². The van der Waals surface area contributed by atoms with E-state index >= 15 is 0 Å². The summed E-state index contributed by atoms with van der Waals surface area (Å²) in [6.07, 6.45) is 3.28. The van der Waals surface area contributed by atoms with Gasteiger partial charge >= 0.3 is 0 Å². The molecule has 4 rings (SSSR count). The molecule has 31 heavy (non-hydrogen) atoms. The Kier molecular flexibility index (Phi) is 6.07. The summed E-state index contributed by atoms with van der Waals surface area (Å²) in [5.74, 6) is 0. The molecule has 2 heterocycles. The van der Waals surface area contributed by atoms with Crippen molar-refractivity contribution in [2.75, 3.05) is 18.5 Å². The van der Waals surface area contributed by atoms with Crippen LogP contribution < -0.4 is 5.43 Å². The van der Waals surface area contributed by atoms with Crippen molar-refractivity contribution in [3.05, 3.63) is 69.6 Å². The fraction of sp³-hybridized carbons (Fsp3) is 0.200. The van der Waals surface area contributed by atoms with Crippen LogP contribution in [0.1, 0.15) is 18.4 Å². The van der Waals surface area contributed by atoms with Gasteiger partial charge in [-0.2, -0.15) is 9.41 Å². The van der Waals surface area contributed by atoms with E-state index in [2.05, 4.69) is 15.5 Å². The molecule has 1 aliphatic heterocycles. The zero-order valence-electron chi connectivity index (χ0n) is 16.3. The molecule has 11 heteroatoms. The lowest BCUT2D eigenvalue weighted by Crippen LogP contribution is -2.27. The van der Waals surface area contributed by atoms with E-state index < -0.39 is 14.9 Å². The number of aromatic nitrogens is 1. The quantitative estimate of drug-likeness (QED) is 0.326. The maximum atomic E-state index is 12.6. The van der Waals surface area contributed by atoms with Gasteiger partial charge in [0.05, 0.1) is 21.7 Å². The summed E-state index contributed by atoms with van der Waals surface area (Å²) < 4.78 is 26.8. The second kappa shape index (κ2) is 8.92. The highest BCUT2D eigenvalue weighted by Gasteiger charge is 2.27. The zero-order valence-corrected chi connectivity index (χ0v) is 18.0. The first-order valence-electron chi connectivity index (χ1n) is 9.53. The second-order valence-electron chi connectivity index (χ2n) is 6.90. The molecule has 0 amide bonds. The molecule has 0 spiro atoms. The molecule has 0 atom stereocenters. The first-order valence-corrected chi connectivity index (χ1v) is 11.8. The van der Waals surface area contributed by atoms with Gasteiger partial charge in [-0.3, -0.25) is 15.5 Å². The van der Waals surface area contributed by atoms with E-state index in [-0.39, 0.29) is 10.6 Å². The molecule has 1 aliphatic rings. The minimum Gasteiger partial charge on any atom is -0.258 e. The molecular weight excluding hydrogens is 438 g/mol. The smallest absolute Gasteiger partial charge is 0.258 e. The van der Waals surface area contributed by atoms with Gasteiger partial charge in [-0.1, -0.05) is 24.3 Å². The lowest BCUT2D eigenvalue weighted by Gasteiger charge is -2.15. The van der Waals surface area contributed by atoms with Crippen LogP contribution in [-0.2, 0) is 10.0 Å². The van der Waals surface area contributed by atoms with Crippen LogP contribution >= 0.6 is 11.3 Å². The maximum absolute atomic E-state index is 12.6. The maximum Gasteiger partial charge on any atom is 0.270 e. The molecule has 3 aromatic rings. The highest BCUT2D eigenvalue weighted by atomic mass is 32.2. The number of nitro benzene ring substituents is 1. The first-order chi connectivity index (χ1) is 14.9. The highest BCUT2D eigenvalue weighted by molar-refractivity contribution is 7.89. The van der Waals surface area contributed by atoms with Crippen LogP contribution in [0.2, 0.25) is 0 Å². The van der Waals surface area contributed by atoms with E-state index in [1.165, 1.54) is 34.0 Å². The Morgan fingerprint density at radius 3 is 2.61 bits per heavy atom. The van der Waals surface area contributed by atoms with Crippen molar-refractivity contribution in [3.8, 4) is 11.3 Å². The summed E-state index contributed by atoms with van der Waals surface area (Å²) in [7, 11) is -3.44. The molecule has 9 nitrogen and oxygen atoms in total. The van der Waals surface area contributed by atoms with Crippen molar-refractivity contribution in [2.24, 2.45) is 5.10 Å². The summed E-state index contributed by atoms with van der Waals surface area (Å²) in [6, 6.07) is 12.8. The van der Waals surface area contributed by atoms with E-state index in [1.54, 1.807) is 36.4 Å². The molecule has 1 N–H and O–H groups in total. The minimum atomic E-state index is -3.44. The Balaban J connectivity index is 1.43. The molecule has 160 valence electrons. The number of nitrogens with zero attached hydrogens (tertiary/aromatic N) is 4. The number of thiazole rings is 1. The Bertz CT molecular complexity index is 1220. The first kappa shape index (κ1) is 21.1. The molecule has 1 saturated heterocycles. The number of nitro groups is 1. The average Bonchev–Trinajstić information content (AvgIpc) is 3.47. The zero-order chi connectivity index (χ0) is 21.8. The van der Waals surface area contributed by atoms with Crippen molar-refractivity contribution in [2.45, 2.75) is 17.7 Å². The fourth-order valence-corrected chi connectivity index (χ4v) is 5.40. The predicted octanol–water partition coefficient (Wildman–Crippen LogP) is 3.95. The number of hydrogen-bond acceptors (Lipinski definition) is 8. The van der Waals surface area contributed by atoms with Gasteiger partial charge in [0.15, 0.2) is 0 Å². The van der Waals surface area contributed by atoms with E-state index in [4.69, 9.17) is 0 Å². The van der Waals surface area contributed by atoms with Crippen LogP contribution in [0.5, 0.6) is 0 Å². The van der Waals surface area contributed by atoms with Gasteiger partial charge in [0, 0.05) is 41.7 Å². The number of hydrogen-bond donors (Lipinski definition) is 1. The van der Waals surface area contributed by atoms with Crippen LogP contribution in [0.25, 0.3) is 11.3 Å². The molecule has 0 radical (unpaired) electrons. The van der Waals surface area contributed by atoms with Gasteiger partial charge in [-0.05, 0) is 25.0 Å². The summed E-state index contributed by atoms with van der Waals surface area (Å²) in [5, 5.41) is 17.3. The number of anilines is 1. The summed E-state index contributed by atoms with van der Waals surface area (Å²) in [6.45, 7) is 1.14. The van der Waals surface area contributed by atoms with E-state index in [0.29, 0.717) is 29.5 Å². The second-order valence-corrected chi connectivity index (χ2v) is 9.69. The summed E-state index contributed by atoms with van der Waals surface area (Å²) >= 11 is 1.35. The van der Waals surface area contributed by atoms with Crippen molar-refractivity contribution in [1.82, 2.24) is 9.29 Å². The Hall–Kier alpha value is -3.15. The summed E-state index contributed by atoms with van der Waals surface area (Å²) in [5.41, 5.74) is 4.89. The van der Waals surface area contributed by atoms with Crippen LogP contribution in [0.15, 0.2) is 63.9 Å². The van der Waals surface area contributed by atoms with E-state index in [0.717, 1.165) is 18.4 Å². The van der Waals surface area contributed by atoms with E-state index in [1.807, 2.05) is 5.38 Å². The monoisotopic (exact) mass is 457 g/mol. The molecular formula is C20H19N5O4S2. The largest absolute Gasteiger partial charge is 0.270 e. The SMILES string of the molecule is O=[N+]([O-])c1cccc(/C=N/Nc2nc(-c3ccc(S(=O)(=O)N4CCCC4)cc3)cs2)c1. The van der Waals surface area contributed by atoms with Crippen LogP contribution in [-0.4, -0.2) is 41.9 Å². The van der Waals surface area contributed by atoms with Gasteiger partial charge in [-0.25, -0.2) is 13.4 Å². The number of benzene rings is 2. The van der Waals surface area contributed by atoms with Crippen molar-refractivity contribution in [3.63, 3.8) is 0 Å². The Labute approximate surface area is 183 Å². The van der Waals surface area contributed by atoms with Gasteiger partial charge in [0.25, 0.3) is 5.69 Å². The normalized spacial score (nSPS) is 14.8. The van der Waals surface area contributed by atoms with E-state index in [9.17, 15) is 18.5 Å². The Morgan fingerprint density at radius 2 is 1.90 bits per heavy atom. The minimum absolute atomic E-state index is 0.00400. The lowest BCUT2D eigenvalue weighted by molar-refractivity contribution is -0.384. The number of rotatable bonds is 7. The Morgan fingerprint density at radius 1 is 1.16 bits per heavy atom. The van der Waals surface area contributed by atoms with Crippen molar-refractivity contribution < 1.29 is 13.3 Å². The number of sulfonamides is 1. The lowest BCUT2D eigenvalue weighted by atomic mass is 10.2. The highest BCUT2D eigenvalue weighted by Crippen LogP contribution is 2.27. The third-order valence-electron chi connectivity index (χ3n) is 4.81. The van der Waals surface area contributed by atoms with Crippen LogP contribution in [0, 0.1) is 10.1 Å². The van der Waals surface area contributed by atoms with Crippen molar-refractivity contribution >= 4 is 38.4 Å². The number of nitrogens with one attached hydrogen (secondary N) is 1. The van der Waals surface area contributed by atoms with Crippen molar-refractivity contribution in [1.29, 1.82) is 0 Å². The van der Waals surface area contributed by atoms with Crippen LogP contribution in [0.4, 0.5) is 10.8 Å². The molecule has 0 aliphatic carbocycles.